The number of thioether (sulfide) groups is 1. The van der Waals surface area contributed by atoms with Crippen molar-refractivity contribution < 1.29 is 9.53 Å². The summed E-state index contributed by atoms with van der Waals surface area (Å²) in [6, 6.07) is 8.60. The molecule has 0 saturated heterocycles. The summed E-state index contributed by atoms with van der Waals surface area (Å²) >= 11 is 1.26. The second kappa shape index (κ2) is 6.33. The van der Waals surface area contributed by atoms with Gasteiger partial charge in [-0.15, -0.1) is 10.2 Å². The first-order valence-electron chi connectivity index (χ1n) is 5.83. The summed E-state index contributed by atoms with van der Waals surface area (Å²) in [4.78, 5) is 23.8. The largest absolute Gasteiger partial charge is 0.440 e. The first-order valence-corrected chi connectivity index (χ1v) is 7.06. The number of carbonyl (C=O) groups excluding carboxylic acids is 1. The smallest absolute Gasteiger partial charge is 0.339 e. The Balaban J connectivity index is 2.17. The molecule has 0 unspecified atom stereocenters. The molecule has 7 heteroatoms. The van der Waals surface area contributed by atoms with Crippen LogP contribution < -0.4 is 5.56 Å². The van der Waals surface area contributed by atoms with E-state index in [1.165, 1.54) is 16.3 Å². The maximum Gasteiger partial charge on any atom is 0.339 e. The minimum absolute atomic E-state index is 0.181. The van der Waals surface area contributed by atoms with E-state index >= 15 is 0 Å². The lowest BCUT2D eigenvalue weighted by Gasteiger charge is -2.10. The van der Waals surface area contributed by atoms with Crippen LogP contribution in [0.15, 0.2) is 40.3 Å². The minimum atomic E-state index is -0.487. The second-order valence-corrected chi connectivity index (χ2v) is 4.71. The third-order valence-corrected chi connectivity index (χ3v) is 3.26. The topological polar surface area (TPSA) is 74.1 Å². The quantitative estimate of drug-likeness (QED) is 0.627. The zero-order valence-electron chi connectivity index (χ0n) is 11.1. The highest BCUT2D eigenvalue weighted by Crippen LogP contribution is 2.09. The number of rotatable bonds is 4. The van der Waals surface area contributed by atoms with Gasteiger partial charge in [-0.05, 0) is 25.3 Å². The van der Waals surface area contributed by atoms with Gasteiger partial charge < -0.3 is 4.74 Å². The van der Waals surface area contributed by atoms with Crippen LogP contribution in [0, 0.1) is 6.92 Å². The van der Waals surface area contributed by atoms with Gasteiger partial charge in [0.25, 0.3) is 5.56 Å². The molecule has 0 aliphatic heterocycles. The van der Waals surface area contributed by atoms with Crippen molar-refractivity contribution in [1.29, 1.82) is 0 Å². The van der Waals surface area contributed by atoms with Crippen LogP contribution in [0.2, 0.25) is 0 Å². The molecule has 0 radical (unpaired) electrons. The van der Waals surface area contributed by atoms with Gasteiger partial charge in [0.15, 0.2) is 11.9 Å². The number of benzene rings is 1. The van der Waals surface area contributed by atoms with Crippen molar-refractivity contribution in [2.24, 2.45) is 0 Å². The van der Waals surface area contributed by atoms with Gasteiger partial charge in [-0.1, -0.05) is 30.0 Å². The lowest BCUT2D eigenvalue weighted by Crippen LogP contribution is -2.28. The fourth-order valence-electron chi connectivity index (χ4n) is 1.54. The van der Waals surface area contributed by atoms with E-state index in [0.29, 0.717) is 10.7 Å². The number of aryl methyl sites for hydroxylation is 1. The SMILES string of the molecule is CSc1nnc(C)c(=O)n1COC(=O)c1ccccc1. The van der Waals surface area contributed by atoms with Crippen LogP contribution in [0.3, 0.4) is 0 Å². The Bertz CT molecular complexity index is 670. The molecule has 0 N–H and O–H groups in total. The van der Waals surface area contributed by atoms with Gasteiger partial charge in [-0.3, -0.25) is 4.79 Å². The van der Waals surface area contributed by atoms with Crippen molar-refractivity contribution in [3.8, 4) is 0 Å². The number of ether oxygens (including phenoxy) is 1. The van der Waals surface area contributed by atoms with E-state index in [-0.39, 0.29) is 18.0 Å². The van der Waals surface area contributed by atoms with Crippen molar-refractivity contribution in [2.75, 3.05) is 6.26 Å². The highest BCUT2D eigenvalue weighted by Gasteiger charge is 2.12. The number of esters is 1. The molecule has 2 rings (SSSR count). The minimum Gasteiger partial charge on any atom is -0.440 e. The Morgan fingerprint density at radius 2 is 2.00 bits per heavy atom. The van der Waals surface area contributed by atoms with Crippen molar-refractivity contribution in [3.63, 3.8) is 0 Å². The molecule has 0 aliphatic carbocycles. The summed E-state index contributed by atoms with van der Waals surface area (Å²) in [5.41, 5.74) is 0.383. The van der Waals surface area contributed by atoms with Gasteiger partial charge in [-0.25, -0.2) is 9.36 Å². The van der Waals surface area contributed by atoms with Crippen molar-refractivity contribution >= 4 is 17.7 Å². The maximum absolute atomic E-state index is 12.0. The Kier molecular flexibility index (Phi) is 4.52. The van der Waals surface area contributed by atoms with E-state index < -0.39 is 5.97 Å². The number of aromatic nitrogens is 3. The van der Waals surface area contributed by atoms with Crippen LogP contribution in [0.1, 0.15) is 16.1 Å². The molecule has 2 aromatic rings. The van der Waals surface area contributed by atoms with E-state index in [4.69, 9.17) is 4.74 Å². The molecule has 0 atom stereocenters. The third kappa shape index (κ3) is 3.05. The van der Waals surface area contributed by atoms with E-state index in [1.54, 1.807) is 37.4 Å². The first kappa shape index (κ1) is 14.3. The van der Waals surface area contributed by atoms with Crippen LogP contribution in [0.25, 0.3) is 0 Å². The molecule has 1 aromatic carbocycles. The summed E-state index contributed by atoms with van der Waals surface area (Å²) in [5, 5.41) is 8.05. The van der Waals surface area contributed by atoms with Crippen molar-refractivity contribution in [1.82, 2.24) is 14.8 Å². The van der Waals surface area contributed by atoms with Gasteiger partial charge in [0.2, 0.25) is 0 Å². The lowest BCUT2D eigenvalue weighted by molar-refractivity contribution is 0.0345. The molecule has 6 nitrogen and oxygen atoms in total. The van der Waals surface area contributed by atoms with Crippen LogP contribution in [0.5, 0.6) is 0 Å². The van der Waals surface area contributed by atoms with E-state index in [2.05, 4.69) is 10.2 Å². The average Bonchev–Trinajstić information content (AvgIpc) is 2.49. The van der Waals surface area contributed by atoms with Gasteiger partial charge in [0.1, 0.15) is 5.69 Å². The highest BCUT2D eigenvalue weighted by molar-refractivity contribution is 7.98. The molecule has 20 heavy (non-hydrogen) atoms. The Labute approximate surface area is 119 Å². The van der Waals surface area contributed by atoms with Gasteiger partial charge in [0, 0.05) is 0 Å². The number of hydrogen-bond donors (Lipinski definition) is 0. The molecule has 0 fully saturated rings. The molecular weight excluding hydrogens is 278 g/mol. The fraction of sp³-hybridized carbons (Fsp3) is 0.231. The number of carbonyl (C=O) groups is 1. The van der Waals surface area contributed by atoms with E-state index in [9.17, 15) is 9.59 Å². The van der Waals surface area contributed by atoms with Gasteiger partial charge >= 0.3 is 5.97 Å². The molecule has 0 amide bonds. The maximum atomic E-state index is 12.0. The zero-order chi connectivity index (χ0) is 14.5. The third-order valence-electron chi connectivity index (χ3n) is 2.59. The molecule has 1 heterocycles. The Hall–Kier alpha value is -2.15. The molecule has 0 bridgehead atoms. The van der Waals surface area contributed by atoms with E-state index in [1.807, 2.05) is 6.07 Å². The summed E-state index contributed by atoms with van der Waals surface area (Å²) < 4.78 is 6.42. The Morgan fingerprint density at radius 1 is 1.30 bits per heavy atom. The first-order chi connectivity index (χ1) is 9.63. The Morgan fingerprint density at radius 3 is 2.65 bits per heavy atom. The number of nitrogens with zero attached hydrogens (tertiary/aromatic N) is 3. The van der Waals surface area contributed by atoms with Gasteiger partial charge in [-0.2, -0.15) is 0 Å². The summed E-state index contributed by atoms with van der Waals surface area (Å²) in [5.74, 6) is -0.487. The summed E-state index contributed by atoms with van der Waals surface area (Å²) in [6.45, 7) is 1.38. The van der Waals surface area contributed by atoms with Gasteiger partial charge in [0.05, 0.1) is 5.56 Å². The van der Waals surface area contributed by atoms with Crippen molar-refractivity contribution in [3.05, 3.63) is 51.9 Å². The normalized spacial score (nSPS) is 10.3. The lowest BCUT2D eigenvalue weighted by atomic mass is 10.2. The van der Waals surface area contributed by atoms with Crippen LogP contribution in [0.4, 0.5) is 0 Å². The van der Waals surface area contributed by atoms with E-state index in [0.717, 1.165) is 0 Å². The summed E-state index contributed by atoms with van der Waals surface area (Å²) in [7, 11) is 0. The molecular formula is C13H13N3O3S. The highest BCUT2D eigenvalue weighted by atomic mass is 32.2. The summed E-state index contributed by atoms with van der Waals surface area (Å²) in [6.07, 6.45) is 1.77. The average molecular weight is 291 g/mol. The molecule has 0 spiro atoms. The molecule has 104 valence electrons. The monoisotopic (exact) mass is 291 g/mol. The molecule has 1 aromatic heterocycles. The van der Waals surface area contributed by atoms with Crippen LogP contribution in [-0.2, 0) is 11.5 Å². The predicted octanol–water partition coefficient (Wildman–Crippen LogP) is 1.48. The second-order valence-electron chi connectivity index (χ2n) is 3.93. The zero-order valence-corrected chi connectivity index (χ0v) is 11.9. The van der Waals surface area contributed by atoms with Crippen LogP contribution >= 0.6 is 11.8 Å². The standard InChI is InChI=1S/C13H13N3O3S/c1-9-11(17)16(13(20-2)15-14-9)8-19-12(18)10-6-4-3-5-7-10/h3-7H,8H2,1-2H3. The van der Waals surface area contributed by atoms with Crippen LogP contribution in [-0.4, -0.2) is 27.0 Å². The molecule has 0 aliphatic rings. The fourth-order valence-corrected chi connectivity index (χ4v) is 2.02. The predicted molar refractivity (Wildman–Crippen MR) is 74.7 cm³/mol. The molecule has 0 saturated carbocycles. The van der Waals surface area contributed by atoms with Crippen molar-refractivity contribution in [2.45, 2.75) is 18.8 Å². The number of hydrogen-bond acceptors (Lipinski definition) is 6.